The van der Waals surface area contributed by atoms with E-state index in [1.54, 1.807) is 12.1 Å². The van der Waals surface area contributed by atoms with Gasteiger partial charge in [0, 0.05) is 30.1 Å². The highest BCUT2D eigenvalue weighted by Crippen LogP contribution is 2.43. The molecule has 0 radical (unpaired) electrons. The van der Waals surface area contributed by atoms with Gasteiger partial charge in [0.05, 0.1) is 18.8 Å². The van der Waals surface area contributed by atoms with Crippen LogP contribution in [-0.4, -0.2) is 52.7 Å². The standard InChI is InChI=1S/C42H48N2O6/c1-28-37(26-44-22-10-17-36(44)40(47)50-42(2,3)4)48-41(49-38(28)31-20-18-29(27-45)19-21-31)35-16-9-15-34(24-35)33-14-8-11-30(23-33)25-43-39(46)32-12-6-5-7-13-32/h5-9,11-16,18-21,23-24,28,36-38,41,45H,10,17,22,25-27H2,1-4H3,(H,43,46)/t28-,36+,37+,38+,41+/m1/s1. The molecule has 0 unspecified atom stereocenters. The van der Waals surface area contributed by atoms with E-state index in [-0.39, 0.29) is 42.7 Å². The van der Waals surface area contributed by atoms with E-state index in [1.807, 2.05) is 87.5 Å². The number of benzene rings is 4. The first kappa shape index (κ1) is 35.5. The number of amides is 1. The zero-order valence-corrected chi connectivity index (χ0v) is 29.4. The summed E-state index contributed by atoms with van der Waals surface area (Å²) in [5.74, 6) is -0.311. The predicted octanol–water partition coefficient (Wildman–Crippen LogP) is 7.37. The number of nitrogens with one attached hydrogen (secondary N) is 1. The molecule has 2 saturated heterocycles. The zero-order valence-electron chi connectivity index (χ0n) is 29.4. The van der Waals surface area contributed by atoms with Crippen molar-refractivity contribution in [3.8, 4) is 11.1 Å². The van der Waals surface area contributed by atoms with E-state index in [1.165, 1.54) is 0 Å². The quantitative estimate of drug-likeness (QED) is 0.169. The number of aliphatic hydroxyl groups is 1. The lowest BCUT2D eigenvalue weighted by Crippen LogP contribution is -2.48. The second-order valence-electron chi connectivity index (χ2n) is 14.4. The Labute approximate surface area is 295 Å². The number of likely N-dealkylation sites (tertiary alicyclic amines) is 1. The van der Waals surface area contributed by atoms with Crippen molar-refractivity contribution in [2.45, 2.75) is 83.8 Å². The van der Waals surface area contributed by atoms with Gasteiger partial charge in [-0.15, -0.1) is 0 Å². The Kier molecular flexibility index (Phi) is 11.1. The fourth-order valence-electron chi connectivity index (χ4n) is 6.84. The highest BCUT2D eigenvalue weighted by atomic mass is 16.7. The maximum Gasteiger partial charge on any atom is 0.323 e. The van der Waals surface area contributed by atoms with Gasteiger partial charge in [-0.25, -0.2) is 0 Å². The average Bonchev–Trinajstić information content (AvgIpc) is 3.60. The molecule has 0 bridgehead atoms. The second kappa shape index (κ2) is 15.7. The van der Waals surface area contributed by atoms with Crippen LogP contribution in [0.2, 0.25) is 0 Å². The lowest BCUT2D eigenvalue weighted by Gasteiger charge is -2.43. The molecule has 2 N–H and O–H groups in total. The van der Waals surface area contributed by atoms with Gasteiger partial charge in [-0.3, -0.25) is 14.5 Å². The number of hydrogen-bond acceptors (Lipinski definition) is 7. The van der Waals surface area contributed by atoms with Crippen LogP contribution in [0.15, 0.2) is 103 Å². The number of hydrogen-bond donors (Lipinski definition) is 2. The summed E-state index contributed by atoms with van der Waals surface area (Å²) >= 11 is 0. The van der Waals surface area contributed by atoms with Gasteiger partial charge < -0.3 is 24.6 Å². The van der Waals surface area contributed by atoms with Gasteiger partial charge in [0.2, 0.25) is 0 Å². The van der Waals surface area contributed by atoms with Crippen molar-refractivity contribution in [1.82, 2.24) is 10.2 Å². The summed E-state index contributed by atoms with van der Waals surface area (Å²) in [4.78, 5) is 28.0. The number of carbonyl (C=O) groups is 2. The van der Waals surface area contributed by atoms with E-state index < -0.39 is 11.9 Å². The molecule has 0 aromatic heterocycles. The number of ether oxygens (including phenoxy) is 3. The minimum atomic E-state index is -0.644. The summed E-state index contributed by atoms with van der Waals surface area (Å²) in [6.45, 7) is 9.61. The van der Waals surface area contributed by atoms with Crippen LogP contribution in [0.3, 0.4) is 0 Å². The molecule has 262 valence electrons. The van der Waals surface area contributed by atoms with E-state index in [9.17, 15) is 14.7 Å². The first-order valence-electron chi connectivity index (χ1n) is 17.6. The van der Waals surface area contributed by atoms with Gasteiger partial charge >= 0.3 is 5.97 Å². The van der Waals surface area contributed by atoms with Crippen molar-refractivity contribution in [1.29, 1.82) is 0 Å². The summed E-state index contributed by atoms with van der Waals surface area (Å²) in [5, 5.41) is 12.7. The van der Waals surface area contributed by atoms with E-state index >= 15 is 0 Å². The van der Waals surface area contributed by atoms with Crippen molar-refractivity contribution >= 4 is 11.9 Å². The van der Waals surface area contributed by atoms with Crippen molar-refractivity contribution in [2.24, 2.45) is 5.92 Å². The molecular weight excluding hydrogens is 628 g/mol. The molecule has 4 aromatic rings. The van der Waals surface area contributed by atoms with Crippen LogP contribution in [-0.2, 0) is 32.2 Å². The van der Waals surface area contributed by atoms with Crippen LogP contribution in [0.25, 0.3) is 11.1 Å². The lowest BCUT2D eigenvalue weighted by molar-refractivity contribution is -0.276. The lowest BCUT2D eigenvalue weighted by atomic mass is 9.89. The van der Waals surface area contributed by atoms with Crippen molar-refractivity contribution in [2.75, 3.05) is 13.1 Å². The fraction of sp³-hybridized carbons (Fsp3) is 0.381. The van der Waals surface area contributed by atoms with Crippen LogP contribution >= 0.6 is 0 Å². The number of rotatable bonds is 10. The largest absolute Gasteiger partial charge is 0.459 e. The van der Waals surface area contributed by atoms with Gasteiger partial charge in [-0.2, -0.15) is 0 Å². The molecule has 4 aromatic carbocycles. The summed E-state index contributed by atoms with van der Waals surface area (Å²) in [6.07, 6.45) is 0.552. The Morgan fingerprint density at radius 2 is 1.58 bits per heavy atom. The topological polar surface area (TPSA) is 97.3 Å². The Morgan fingerprint density at radius 1 is 0.860 bits per heavy atom. The molecule has 8 heteroatoms. The zero-order chi connectivity index (χ0) is 35.3. The SMILES string of the molecule is C[C@@H]1[C@H](CN2CCC[C@H]2C(=O)OC(C)(C)C)O[C@H](c2cccc(-c3cccc(CNC(=O)c4ccccc4)c3)c2)O[C@@H]1c1ccc(CO)cc1. The molecule has 2 aliphatic heterocycles. The van der Waals surface area contributed by atoms with Gasteiger partial charge in [-0.1, -0.05) is 85.8 Å². The van der Waals surface area contributed by atoms with E-state index in [2.05, 4.69) is 41.4 Å². The molecule has 6 rings (SSSR count). The van der Waals surface area contributed by atoms with Gasteiger partial charge in [-0.05, 0) is 92.2 Å². The van der Waals surface area contributed by atoms with Crippen LogP contribution in [0, 0.1) is 5.92 Å². The maximum absolute atomic E-state index is 13.2. The molecule has 0 spiro atoms. The van der Waals surface area contributed by atoms with Crippen LogP contribution in [0.5, 0.6) is 0 Å². The number of nitrogens with zero attached hydrogens (tertiary/aromatic N) is 1. The normalized spacial score (nSPS) is 22.6. The highest BCUT2D eigenvalue weighted by molar-refractivity contribution is 5.94. The van der Waals surface area contributed by atoms with Crippen molar-refractivity contribution in [3.05, 3.63) is 131 Å². The van der Waals surface area contributed by atoms with Gasteiger partial charge in [0.1, 0.15) is 11.6 Å². The van der Waals surface area contributed by atoms with Gasteiger partial charge in [0.25, 0.3) is 5.91 Å². The first-order chi connectivity index (χ1) is 24.1. The van der Waals surface area contributed by atoms with Gasteiger partial charge in [0.15, 0.2) is 6.29 Å². The molecular formula is C42H48N2O6. The summed E-state index contributed by atoms with van der Waals surface area (Å²) in [5.41, 5.74) is 5.85. The highest BCUT2D eigenvalue weighted by Gasteiger charge is 2.42. The summed E-state index contributed by atoms with van der Waals surface area (Å²) < 4.78 is 19.3. The monoisotopic (exact) mass is 676 g/mol. The number of esters is 1. The Balaban J connectivity index is 1.23. The third kappa shape index (κ3) is 8.68. The second-order valence-corrected chi connectivity index (χ2v) is 14.4. The smallest absolute Gasteiger partial charge is 0.323 e. The number of carbonyl (C=O) groups excluding carboxylic acids is 2. The molecule has 2 heterocycles. The molecule has 50 heavy (non-hydrogen) atoms. The minimum Gasteiger partial charge on any atom is -0.459 e. The number of aliphatic hydroxyl groups excluding tert-OH is 1. The van der Waals surface area contributed by atoms with Crippen molar-refractivity contribution in [3.63, 3.8) is 0 Å². The Bertz CT molecular complexity index is 1750. The van der Waals surface area contributed by atoms with Crippen LogP contribution in [0.4, 0.5) is 0 Å². The molecule has 0 aliphatic carbocycles. The maximum atomic E-state index is 13.2. The summed E-state index contributed by atoms with van der Waals surface area (Å²) in [7, 11) is 0. The summed E-state index contributed by atoms with van der Waals surface area (Å²) in [6, 6.07) is 33.2. The average molecular weight is 677 g/mol. The molecule has 2 aliphatic rings. The first-order valence-corrected chi connectivity index (χ1v) is 17.6. The third-order valence-corrected chi connectivity index (χ3v) is 9.49. The predicted molar refractivity (Wildman–Crippen MR) is 193 cm³/mol. The van der Waals surface area contributed by atoms with Crippen LogP contribution < -0.4 is 5.32 Å². The van der Waals surface area contributed by atoms with E-state index in [0.717, 1.165) is 52.8 Å². The molecule has 1 amide bonds. The molecule has 2 fully saturated rings. The minimum absolute atomic E-state index is 0.0166. The van der Waals surface area contributed by atoms with Crippen LogP contribution in [0.1, 0.15) is 85.5 Å². The van der Waals surface area contributed by atoms with E-state index in [0.29, 0.717) is 18.7 Å². The fourth-order valence-corrected chi connectivity index (χ4v) is 6.84. The Morgan fingerprint density at radius 3 is 2.30 bits per heavy atom. The van der Waals surface area contributed by atoms with Crippen molar-refractivity contribution < 1.29 is 28.9 Å². The molecule has 0 saturated carbocycles. The third-order valence-electron chi connectivity index (χ3n) is 9.49. The molecule has 5 atom stereocenters. The Hall–Kier alpha value is -4.34. The molecule has 8 nitrogen and oxygen atoms in total. The van der Waals surface area contributed by atoms with E-state index in [4.69, 9.17) is 14.2 Å².